The molecule has 2 heterocycles. The normalized spacial score (nSPS) is 12.9. The average Bonchev–Trinajstić information content (AvgIpc) is 2.84. The van der Waals surface area contributed by atoms with Crippen LogP contribution in [-0.4, -0.2) is 28.5 Å². The SMILES string of the molecule is CN(Cc1ccoc1)C(CN)c1ccncn1. The molecule has 2 aromatic heterocycles. The van der Waals surface area contributed by atoms with Gasteiger partial charge in [0.1, 0.15) is 6.33 Å². The number of nitrogens with zero attached hydrogens (tertiary/aromatic N) is 3. The topological polar surface area (TPSA) is 68.2 Å². The Labute approximate surface area is 100 Å². The molecule has 0 amide bonds. The molecule has 0 aliphatic rings. The second-order valence-electron chi connectivity index (χ2n) is 3.93. The standard InChI is InChI=1S/C12H16N4O/c1-16(7-10-3-5-17-8-10)12(6-13)11-2-4-14-9-15-11/h2-5,8-9,12H,6-7,13H2,1H3. The van der Waals surface area contributed by atoms with Crippen molar-refractivity contribution in [2.24, 2.45) is 5.73 Å². The van der Waals surface area contributed by atoms with Crippen molar-refractivity contribution in [1.82, 2.24) is 14.9 Å². The van der Waals surface area contributed by atoms with Crippen molar-refractivity contribution in [1.29, 1.82) is 0 Å². The van der Waals surface area contributed by atoms with Crippen LogP contribution in [0, 0.1) is 0 Å². The fourth-order valence-electron chi connectivity index (χ4n) is 1.81. The maximum atomic E-state index is 5.81. The second-order valence-corrected chi connectivity index (χ2v) is 3.93. The number of likely N-dealkylation sites (N-methyl/N-ethyl adjacent to an activating group) is 1. The molecule has 1 unspecified atom stereocenters. The van der Waals surface area contributed by atoms with Gasteiger partial charge >= 0.3 is 0 Å². The van der Waals surface area contributed by atoms with Gasteiger partial charge in [0.15, 0.2) is 0 Å². The lowest BCUT2D eigenvalue weighted by Gasteiger charge is -2.25. The summed E-state index contributed by atoms with van der Waals surface area (Å²) in [5, 5.41) is 0. The van der Waals surface area contributed by atoms with Crippen LogP contribution in [0.15, 0.2) is 41.6 Å². The molecule has 90 valence electrons. The molecule has 0 aliphatic heterocycles. The van der Waals surface area contributed by atoms with Crippen molar-refractivity contribution in [3.8, 4) is 0 Å². The van der Waals surface area contributed by atoms with E-state index in [1.54, 1.807) is 25.1 Å². The van der Waals surface area contributed by atoms with Gasteiger partial charge in [-0.15, -0.1) is 0 Å². The Kier molecular flexibility index (Phi) is 3.85. The third kappa shape index (κ3) is 2.89. The van der Waals surface area contributed by atoms with E-state index in [4.69, 9.17) is 10.2 Å². The van der Waals surface area contributed by atoms with E-state index in [9.17, 15) is 0 Å². The molecule has 5 nitrogen and oxygen atoms in total. The minimum atomic E-state index is 0.0906. The first-order valence-electron chi connectivity index (χ1n) is 5.48. The van der Waals surface area contributed by atoms with Crippen LogP contribution in [0.1, 0.15) is 17.3 Å². The van der Waals surface area contributed by atoms with E-state index >= 15 is 0 Å². The van der Waals surface area contributed by atoms with E-state index < -0.39 is 0 Å². The fourth-order valence-corrected chi connectivity index (χ4v) is 1.81. The monoisotopic (exact) mass is 232 g/mol. The highest BCUT2D eigenvalue weighted by atomic mass is 16.3. The highest BCUT2D eigenvalue weighted by Crippen LogP contribution is 2.17. The predicted octanol–water partition coefficient (Wildman–Crippen LogP) is 1.20. The maximum absolute atomic E-state index is 5.81. The van der Waals surface area contributed by atoms with Crippen LogP contribution in [0.5, 0.6) is 0 Å². The molecule has 0 fully saturated rings. The Balaban J connectivity index is 2.08. The summed E-state index contributed by atoms with van der Waals surface area (Å²) < 4.78 is 5.05. The van der Waals surface area contributed by atoms with Gasteiger partial charge in [-0.25, -0.2) is 9.97 Å². The van der Waals surface area contributed by atoms with E-state index in [0.717, 1.165) is 17.8 Å². The summed E-state index contributed by atoms with van der Waals surface area (Å²) in [4.78, 5) is 10.3. The van der Waals surface area contributed by atoms with Crippen molar-refractivity contribution < 1.29 is 4.42 Å². The maximum Gasteiger partial charge on any atom is 0.115 e. The zero-order chi connectivity index (χ0) is 12.1. The molecule has 17 heavy (non-hydrogen) atoms. The Bertz CT molecular complexity index is 429. The van der Waals surface area contributed by atoms with E-state index in [0.29, 0.717) is 6.54 Å². The lowest BCUT2D eigenvalue weighted by atomic mass is 10.1. The zero-order valence-corrected chi connectivity index (χ0v) is 9.78. The molecule has 0 saturated heterocycles. The summed E-state index contributed by atoms with van der Waals surface area (Å²) in [7, 11) is 2.02. The average molecular weight is 232 g/mol. The van der Waals surface area contributed by atoms with E-state index in [1.165, 1.54) is 0 Å². The van der Waals surface area contributed by atoms with E-state index in [-0.39, 0.29) is 6.04 Å². The van der Waals surface area contributed by atoms with Gasteiger partial charge in [-0.2, -0.15) is 0 Å². The van der Waals surface area contributed by atoms with Gasteiger partial charge in [-0.1, -0.05) is 0 Å². The van der Waals surface area contributed by atoms with Gasteiger partial charge < -0.3 is 10.2 Å². The summed E-state index contributed by atoms with van der Waals surface area (Å²) in [6.07, 6.45) is 6.69. The Morgan fingerprint density at radius 3 is 2.94 bits per heavy atom. The van der Waals surface area contributed by atoms with Crippen LogP contribution in [0.4, 0.5) is 0 Å². The summed E-state index contributed by atoms with van der Waals surface area (Å²) >= 11 is 0. The zero-order valence-electron chi connectivity index (χ0n) is 9.78. The quantitative estimate of drug-likeness (QED) is 0.839. The molecule has 2 aromatic rings. The van der Waals surface area contributed by atoms with Crippen LogP contribution in [0.3, 0.4) is 0 Å². The van der Waals surface area contributed by atoms with Crippen molar-refractivity contribution in [2.45, 2.75) is 12.6 Å². The first-order chi connectivity index (χ1) is 8.31. The van der Waals surface area contributed by atoms with E-state index in [1.807, 2.05) is 19.2 Å². The molecule has 0 aliphatic carbocycles. The molecule has 0 saturated carbocycles. The fraction of sp³-hybridized carbons (Fsp3) is 0.333. The van der Waals surface area contributed by atoms with Gasteiger partial charge in [-0.05, 0) is 19.2 Å². The summed E-state index contributed by atoms with van der Waals surface area (Å²) in [6.45, 7) is 1.30. The molecular formula is C12H16N4O. The first-order valence-corrected chi connectivity index (χ1v) is 5.48. The van der Waals surface area contributed by atoms with Crippen LogP contribution >= 0.6 is 0 Å². The van der Waals surface area contributed by atoms with Crippen LogP contribution < -0.4 is 5.73 Å². The van der Waals surface area contributed by atoms with Gasteiger partial charge in [0, 0.05) is 24.8 Å². The third-order valence-electron chi connectivity index (χ3n) is 2.71. The molecule has 5 heteroatoms. The van der Waals surface area contributed by atoms with Crippen molar-refractivity contribution in [3.63, 3.8) is 0 Å². The van der Waals surface area contributed by atoms with Gasteiger partial charge in [0.2, 0.25) is 0 Å². The Morgan fingerprint density at radius 1 is 1.47 bits per heavy atom. The molecule has 2 rings (SSSR count). The molecule has 0 radical (unpaired) electrons. The van der Waals surface area contributed by atoms with Gasteiger partial charge in [0.25, 0.3) is 0 Å². The highest BCUT2D eigenvalue weighted by molar-refractivity contribution is 5.09. The van der Waals surface area contributed by atoms with E-state index in [2.05, 4.69) is 14.9 Å². The molecule has 0 bridgehead atoms. The van der Waals surface area contributed by atoms with Gasteiger partial charge in [-0.3, -0.25) is 4.90 Å². The lowest BCUT2D eigenvalue weighted by Crippen LogP contribution is -2.30. The number of rotatable bonds is 5. The number of aromatic nitrogens is 2. The van der Waals surface area contributed by atoms with Crippen LogP contribution in [0.25, 0.3) is 0 Å². The number of furan rings is 1. The van der Waals surface area contributed by atoms with Crippen molar-refractivity contribution in [2.75, 3.05) is 13.6 Å². The minimum Gasteiger partial charge on any atom is -0.472 e. The molecule has 0 spiro atoms. The summed E-state index contributed by atoms with van der Waals surface area (Å²) in [5.41, 5.74) is 7.87. The number of nitrogens with two attached hydrogens (primary N) is 1. The smallest absolute Gasteiger partial charge is 0.115 e. The lowest BCUT2D eigenvalue weighted by molar-refractivity contribution is 0.236. The molecule has 1 atom stereocenters. The summed E-state index contributed by atoms with van der Waals surface area (Å²) in [6, 6.07) is 3.93. The van der Waals surface area contributed by atoms with Gasteiger partial charge in [0.05, 0.1) is 24.3 Å². The third-order valence-corrected chi connectivity index (χ3v) is 2.71. The van der Waals surface area contributed by atoms with Crippen LogP contribution in [0.2, 0.25) is 0 Å². The van der Waals surface area contributed by atoms with Crippen molar-refractivity contribution >= 4 is 0 Å². The largest absolute Gasteiger partial charge is 0.472 e. The molecule has 2 N–H and O–H groups in total. The number of hydrogen-bond donors (Lipinski definition) is 1. The van der Waals surface area contributed by atoms with Crippen LogP contribution in [-0.2, 0) is 6.54 Å². The summed E-state index contributed by atoms with van der Waals surface area (Å²) in [5.74, 6) is 0. The number of hydrogen-bond acceptors (Lipinski definition) is 5. The minimum absolute atomic E-state index is 0.0906. The Hall–Kier alpha value is -1.72. The predicted molar refractivity (Wildman–Crippen MR) is 64.0 cm³/mol. The second kappa shape index (κ2) is 5.56. The highest BCUT2D eigenvalue weighted by Gasteiger charge is 2.16. The van der Waals surface area contributed by atoms with Crippen molar-refractivity contribution in [3.05, 3.63) is 48.4 Å². The Morgan fingerprint density at radius 2 is 2.35 bits per heavy atom. The first kappa shape index (κ1) is 11.8. The molecule has 0 aromatic carbocycles. The molecular weight excluding hydrogens is 216 g/mol.